The molecule has 1 atom stereocenters. The molecule has 0 saturated carbocycles. The van der Waals surface area contributed by atoms with Crippen molar-refractivity contribution >= 4 is 29.1 Å². The van der Waals surface area contributed by atoms with E-state index < -0.39 is 17.7 Å². The number of hydrogen-bond donors (Lipinski definition) is 1. The smallest absolute Gasteiger partial charge is 0.295 e. The lowest BCUT2D eigenvalue weighted by Gasteiger charge is -2.25. The Labute approximate surface area is 193 Å². The third kappa shape index (κ3) is 4.66. The fraction of sp³-hybridized carbons (Fsp3) is 0.360. The molecule has 1 N–H and O–H groups in total. The first-order valence-electron chi connectivity index (χ1n) is 10.6. The molecular weight excluding hydrogens is 430 g/mol. The molecule has 2 aromatic rings. The van der Waals surface area contributed by atoms with Gasteiger partial charge in [-0.3, -0.25) is 9.59 Å². The molecular formula is C25H28ClNO5. The molecule has 0 aromatic heterocycles. The van der Waals surface area contributed by atoms with Gasteiger partial charge in [0.05, 0.1) is 29.9 Å². The van der Waals surface area contributed by atoms with E-state index in [1.807, 2.05) is 31.2 Å². The number of nitrogens with zero attached hydrogens (tertiary/aromatic N) is 1. The molecule has 32 heavy (non-hydrogen) atoms. The Hall–Kier alpha value is -2.83. The highest BCUT2D eigenvalue weighted by Gasteiger charge is 2.45. The zero-order chi connectivity index (χ0) is 23.4. The van der Waals surface area contributed by atoms with E-state index in [-0.39, 0.29) is 24.5 Å². The van der Waals surface area contributed by atoms with Crippen LogP contribution in [0.25, 0.3) is 5.76 Å². The van der Waals surface area contributed by atoms with Gasteiger partial charge in [-0.25, -0.2) is 0 Å². The number of halogens is 1. The summed E-state index contributed by atoms with van der Waals surface area (Å²) in [6.45, 7) is 6.90. The van der Waals surface area contributed by atoms with Crippen molar-refractivity contribution in [2.75, 3.05) is 26.9 Å². The number of methoxy groups -OCH3 is 1. The molecule has 1 amide bonds. The number of carbonyl (C=O) groups excluding carboxylic acids is 2. The predicted molar refractivity (Wildman–Crippen MR) is 124 cm³/mol. The number of rotatable bonds is 8. The minimum absolute atomic E-state index is 0.0353. The summed E-state index contributed by atoms with van der Waals surface area (Å²) >= 11 is 6.17. The number of carbonyl (C=O) groups is 2. The van der Waals surface area contributed by atoms with E-state index in [0.717, 1.165) is 11.1 Å². The van der Waals surface area contributed by atoms with Gasteiger partial charge >= 0.3 is 0 Å². The number of aliphatic hydroxyl groups excluding tert-OH is 1. The van der Waals surface area contributed by atoms with E-state index in [1.165, 1.54) is 12.0 Å². The summed E-state index contributed by atoms with van der Waals surface area (Å²) in [6.07, 6.45) is 0. The lowest BCUT2D eigenvalue weighted by atomic mass is 9.93. The van der Waals surface area contributed by atoms with Crippen molar-refractivity contribution in [2.24, 2.45) is 0 Å². The molecule has 1 saturated heterocycles. The van der Waals surface area contributed by atoms with E-state index in [9.17, 15) is 14.7 Å². The standard InChI is InChI=1S/C25H28ClNO5/c1-5-32-20-14-18(10-11-19(20)26)23(28)21-22(17-8-6-16(7-9-17)15(2)3)27(12-13-31-4)25(30)24(21)29/h6-11,14-15,22,28H,5,12-13H2,1-4H3/b23-21-. The molecule has 1 unspecified atom stereocenters. The summed E-state index contributed by atoms with van der Waals surface area (Å²) in [5.41, 5.74) is 2.27. The molecule has 0 bridgehead atoms. The summed E-state index contributed by atoms with van der Waals surface area (Å²) in [5.74, 6) is -0.927. The molecule has 0 radical (unpaired) electrons. The summed E-state index contributed by atoms with van der Waals surface area (Å²) in [5, 5.41) is 11.6. The third-order valence-electron chi connectivity index (χ3n) is 5.50. The average Bonchev–Trinajstić information content (AvgIpc) is 3.03. The first-order valence-corrected chi connectivity index (χ1v) is 11.0. The molecule has 170 valence electrons. The Kier molecular flexibility index (Phi) is 7.59. The molecule has 2 aromatic carbocycles. The van der Waals surface area contributed by atoms with Gasteiger partial charge in [-0.1, -0.05) is 49.7 Å². The number of aliphatic hydroxyl groups is 1. The van der Waals surface area contributed by atoms with Gasteiger partial charge in [-0.2, -0.15) is 0 Å². The van der Waals surface area contributed by atoms with Gasteiger partial charge in [-0.15, -0.1) is 0 Å². The quantitative estimate of drug-likeness (QED) is 0.345. The second-order valence-corrected chi connectivity index (χ2v) is 8.29. The van der Waals surface area contributed by atoms with Crippen LogP contribution in [0.2, 0.25) is 5.02 Å². The van der Waals surface area contributed by atoms with Crippen LogP contribution in [0.15, 0.2) is 48.0 Å². The number of ketones is 1. The van der Waals surface area contributed by atoms with Gasteiger partial charge < -0.3 is 19.5 Å². The largest absolute Gasteiger partial charge is 0.507 e. The first kappa shape index (κ1) is 23.8. The van der Waals surface area contributed by atoms with Crippen LogP contribution >= 0.6 is 11.6 Å². The summed E-state index contributed by atoms with van der Waals surface area (Å²) in [7, 11) is 1.53. The highest BCUT2D eigenvalue weighted by molar-refractivity contribution is 6.46. The van der Waals surface area contributed by atoms with E-state index in [2.05, 4.69) is 13.8 Å². The summed E-state index contributed by atoms with van der Waals surface area (Å²) < 4.78 is 10.7. The lowest BCUT2D eigenvalue weighted by Crippen LogP contribution is -2.32. The molecule has 0 aliphatic carbocycles. The maximum absolute atomic E-state index is 13.0. The molecule has 1 heterocycles. The van der Waals surface area contributed by atoms with E-state index in [1.54, 1.807) is 18.2 Å². The Morgan fingerprint density at radius 1 is 1.16 bits per heavy atom. The van der Waals surface area contributed by atoms with Crippen LogP contribution in [0, 0.1) is 0 Å². The fourth-order valence-corrected chi connectivity index (χ4v) is 3.95. The number of Topliss-reactive ketones (excluding diaryl/α,β-unsaturated/α-hetero) is 1. The minimum atomic E-state index is -0.732. The van der Waals surface area contributed by atoms with Crippen molar-refractivity contribution in [1.82, 2.24) is 4.90 Å². The van der Waals surface area contributed by atoms with Crippen LogP contribution < -0.4 is 4.74 Å². The number of benzene rings is 2. The molecule has 1 fully saturated rings. The maximum Gasteiger partial charge on any atom is 0.295 e. The van der Waals surface area contributed by atoms with E-state index in [4.69, 9.17) is 21.1 Å². The van der Waals surface area contributed by atoms with Crippen molar-refractivity contribution in [1.29, 1.82) is 0 Å². The topological polar surface area (TPSA) is 76.1 Å². The second kappa shape index (κ2) is 10.2. The van der Waals surface area contributed by atoms with Crippen LogP contribution in [0.5, 0.6) is 5.75 Å². The van der Waals surface area contributed by atoms with Crippen LogP contribution in [0.4, 0.5) is 0 Å². The van der Waals surface area contributed by atoms with Crippen molar-refractivity contribution in [3.63, 3.8) is 0 Å². The van der Waals surface area contributed by atoms with Gasteiger partial charge in [-0.05, 0) is 42.2 Å². The first-order chi connectivity index (χ1) is 15.3. The maximum atomic E-state index is 13.0. The van der Waals surface area contributed by atoms with Gasteiger partial charge in [0.25, 0.3) is 11.7 Å². The highest BCUT2D eigenvalue weighted by atomic mass is 35.5. The summed E-state index contributed by atoms with van der Waals surface area (Å²) in [4.78, 5) is 27.3. The predicted octanol–water partition coefficient (Wildman–Crippen LogP) is 4.93. The molecule has 6 nitrogen and oxygen atoms in total. The van der Waals surface area contributed by atoms with Crippen LogP contribution in [-0.4, -0.2) is 48.6 Å². The van der Waals surface area contributed by atoms with Crippen molar-refractivity contribution in [3.05, 3.63) is 69.8 Å². The molecule has 7 heteroatoms. The number of likely N-dealkylation sites (tertiary alicyclic amines) is 1. The van der Waals surface area contributed by atoms with Gasteiger partial charge in [0.2, 0.25) is 0 Å². The lowest BCUT2D eigenvalue weighted by molar-refractivity contribution is -0.140. The van der Waals surface area contributed by atoms with Crippen LogP contribution in [0.3, 0.4) is 0 Å². The zero-order valence-corrected chi connectivity index (χ0v) is 19.5. The van der Waals surface area contributed by atoms with Crippen molar-refractivity contribution < 1.29 is 24.2 Å². The average molecular weight is 458 g/mol. The minimum Gasteiger partial charge on any atom is -0.507 e. The molecule has 3 rings (SSSR count). The normalized spacial score (nSPS) is 17.9. The number of ether oxygens (including phenoxy) is 2. The summed E-state index contributed by atoms with van der Waals surface area (Å²) in [6, 6.07) is 11.8. The van der Waals surface area contributed by atoms with E-state index >= 15 is 0 Å². The van der Waals surface area contributed by atoms with Crippen LogP contribution in [0.1, 0.15) is 49.4 Å². The van der Waals surface area contributed by atoms with Crippen LogP contribution in [-0.2, 0) is 14.3 Å². The Balaban J connectivity index is 2.14. The Bertz CT molecular complexity index is 1030. The fourth-order valence-electron chi connectivity index (χ4n) is 3.78. The molecule has 0 spiro atoms. The number of amides is 1. The zero-order valence-electron chi connectivity index (χ0n) is 18.7. The van der Waals surface area contributed by atoms with E-state index in [0.29, 0.717) is 28.9 Å². The molecule has 1 aliphatic heterocycles. The third-order valence-corrected chi connectivity index (χ3v) is 5.81. The van der Waals surface area contributed by atoms with Gasteiger partial charge in [0, 0.05) is 19.2 Å². The second-order valence-electron chi connectivity index (χ2n) is 7.88. The Morgan fingerprint density at radius 3 is 2.44 bits per heavy atom. The monoisotopic (exact) mass is 457 g/mol. The number of hydrogen-bond acceptors (Lipinski definition) is 5. The SMILES string of the molecule is CCOc1cc(/C(O)=C2/C(=O)C(=O)N(CCOC)C2c2ccc(C(C)C)cc2)ccc1Cl. The van der Waals surface area contributed by atoms with Gasteiger partial charge in [0.1, 0.15) is 11.5 Å². The van der Waals surface area contributed by atoms with Crippen molar-refractivity contribution in [3.8, 4) is 5.75 Å². The van der Waals surface area contributed by atoms with Crippen molar-refractivity contribution in [2.45, 2.75) is 32.7 Å². The molecule has 1 aliphatic rings. The van der Waals surface area contributed by atoms with Gasteiger partial charge in [0.15, 0.2) is 0 Å². The Morgan fingerprint density at radius 2 is 1.84 bits per heavy atom. The highest BCUT2D eigenvalue weighted by Crippen LogP contribution is 2.40.